The predicted molar refractivity (Wildman–Crippen MR) is 123 cm³/mol. The Labute approximate surface area is 169 Å². The maximum atomic E-state index is 4.03. The van der Waals surface area contributed by atoms with E-state index in [1.807, 2.05) is 11.8 Å². The average Bonchev–Trinajstić information content (AvgIpc) is 2.71. The van der Waals surface area contributed by atoms with Crippen LogP contribution in [0.15, 0.2) is 95.9 Å². The maximum absolute atomic E-state index is 4.03. The molecule has 1 nitrogen and oxygen atoms in total. The van der Waals surface area contributed by atoms with Crippen molar-refractivity contribution in [3.8, 4) is 0 Å². The van der Waals surface area contributed by atoms with Gasteiger partial charge in [0, 0.05) is 24.8 Å². The topological polar surface area (TPSA) is 12.0 Å². The predicted octanol–water partition coefficient (Wildman–Crippen LogP) is 5.83. The van der Waals surface area contributed by atoms with Gasteiger partial charge >= 0.3 is 0 Å². The molecular formula is C24H28NPS. The van der Waals surface area contributed by atoms with Gasteiger partial charge in [0.2, 0.25) is 0 Å². The van der Waals surface area contributed by atoms with E-state index in [-0.39, 0.29) is 0 Å². The first kappa shape index (κ1) is 20.1. The molecule has 0 aromatic heterocycles. The Morgan fingerprint density at radius 2 is 1.22 bits per heavy atom. The van der Waals surface area contributed by atoms with Gasteiger partial charge in [-0.3, -0.25) is 5.09 Å². The molecule has 0 radical (unpaired) electrons. The highest BCUT2D eigenvalue weighted by Crippen LogP contribution is 2.32. The van der Waals surface area contributed by atoms with Crippen molar-refractivity contribution in [1.82, 2.24) is 5.09 Å². The minimum Gasteiger partial charge on any atom is -0.285 e. The van der Waals surface area contributed by atoms with E-state index >= 15 is 0 Å². The molecule has 0 bridgehead atoms. The van der Waals surface area contributed by atoms with Gasteiger partial charge in [-0.1, -0.05) is 92.7 Å². The van der Waals surface area contributed by atoms with Crippen LogP contribution in [0.5, 0.6) is 0 Å². The van der Waals surface area contributed by atoms with Crippen LogP contribution in [0.1, 0.15) is 20.3 Å². The van der Waals surface area contributed by atoms with Crippen molar-refractivity contribution >= 4 is 30.4 Å². The molecule has 3 aromatic rings. The minimum absolute atomic E-state index is 0.474. The van der Waals surface area contributed by atoms with Crippen LogP contribution in [-0.2, 0) is 0 Å². The second-order valence-corrected chi connectivity index (χ2v) is 10.1. The lowest BCUT2D eigenvalue weighted by atomic mass is 10.1. The fourth-order valence-electron chi connectivity index (χ4n) is 3.08. The Morgan fingerprint density at radius 1 is 0.741 bits per heavy atom. The molecule has 140 valence electrons. The Balaban J connectivity index is 1.79. The summed E-state index contributed by atoms with van der Waals surface area (Å²) in [5.41, 5.74) is 0. The molecule has 0 heterocycles. The Kier molecular flexibility index (Phi) is 7.95. The highest BCUT2D eigenvalue weighted by Gasteiger charge is 2.20. The molecule has 0 spiro atoms. The first-order valence-corrected chi connectivity index (χ1v) is 11.9. The summed E-state index contributed by atoms with van der Waals surface area (Å²) in [5.74, 6) is 1.75. The zero-order valence-corrected chi connectivity index (χ0v) is 17.8. The van der Waals surface area contributed by atoms with Crippen LogP contribution >= 0.6 is 19.8 Å². The van der Waals surface area contributed by atoms with Crippen molar-refractivity contribution in [3.63, 3.8) is 0 Å². The van der Waals surface area contributed by atoms with E-state index < -0.39 is 8.07 Å². The van der Waals surface area contributed by atoms with Crippen LogP contribution in [0.2, 0.25) is 0 Å². The lowest BCUT2D eigenvalue weighted by Gasteiger charge is -2.27. The molecule has 27 heavy (non-hydrogen) atoms. The molecule has 0 unspecified atom stereocenters. The molecule has 0 aliphatic rings. The number of nitrogens with one attached hydrogen (secondary N) is 1. The van der Waals surface area contributed by atoms with Crippen molar-refractivity contribution in [1.29, 1.82) is 0 Å². The van der Waals surface area contributed by atoms with Crippen molar-refractivity contribution in [2.75, 3.05) is 5.75 Å². The van der Waals surface area contributed by atoms with E-state index in [4.69, 9.17) is 0 Å². The van der Waals surface area contributed by atoms with Crippen LogP contribution in [0.3, 0.4) is 0 Å². The van der Waals surface area contributed by atoms with Gasteiger partial charge < -0.3 is 0 Å². The lowest BCUT2D eigenvalue weighted by molar-refractivity contribution is 0.504. The third kappa shape index (κ3) is 6.50. The summed E-state index contributed by atoms with van der Waals surface area (Å²) >= 11 is 1.95. The molecule has 1 N–H and O–H groups in total. The van der Waals surface area contributed by atoms with Crippen LogP contribution < -0.4 is 15.7 Å². The van der Waals surface area contributed by atoms with E-state index in [0.717, 1.165) is 5.75 Å². The molecule has 0 saturated carbocycles. The smallest absolute Gasteiger partial charge is 0.0256 e. The first-order valence-electron chi connectivity index (χ1n) is 9.56. The third-order valence-electron chi connectivity index (χ3n) is 4.29. The monoisotopic (exact) mass is 393 g/mol. The number of hydrogen-bond donors (Lipinski definition) is 1. The van der Waals surface area contributed by atoms with Gasteiger partial charge in [0.25, 0.3) is 0 Å². The highest BCUT2D eigenvalue weighted by molar-refractivity contribution is 7.99. The first-order chi connectivity index (χ1) is 13.2. The van der Waals surface area contributed by atoms with Crippen LogP contribution in [0, 0.1) is 5.92 Å². The van der Waals surface area contributed by atoms with Gasteiger partial charge in [0.15, 0.2) is 0 Å². The zero-order valence-electron chi connectivity index (χ0n) is 16.1. The standard InChI is InChI=1S/C24H28NPS/c1-20(2)18-21(19-27-24-16-10-5-11-17-24)25-26(22-12-6-3-7-13-22)23-14-8-4-9-15-23/h3-17,20-21,25H,18-19H2,1-2H3/t21-/m0/s1. The Morgan fingerprint density at radius 3 is 1.70 bits per heavy atom. The molecule has 3 rings (SSSR count). The molecule has 0 aliphatic carbocycles. The highest BCUT2D eigenvalue weighted by atomic mass is 32.2. The van der Waals surface area contributed by atoms with Crippen LogP contribution in [-0.4, -0.2) is 11.8 Å². The number of benzene rings is 3. The van der Waals surface area contributed by atoms with Gasteiger partial charge in [-0.25, -0.2) is 0 Å². The van der Waals surface area contributed by atoms with E-state index in [9.17, 15) is 0 Å². The summed E-state index contributed by atoms with van der Waals surface area (Å²) in [6, 6.07) is 33.0. The largest absolute Gasteiger partial charge is 0.285 e. The Hall–Kier alpha value is -1.60. The molecule has 0 fully saturated rings. The molecule has 3 heteroatoms. The molecule has 3 aromatic carbocycles. The number of hydrogen-bond acceptors (Lipinski definition) is 2. The van der Waals surface area contributed by atoms with Crippen molar-refractivity contribution in [2.45, 2.75) is 31.2 Å². The second kappa shape index (κ2) is 10.7. The van der Waals surface area contributed by atoms with Crippen LogP contribution in [0.25, 0.3) is 0 Å². The van der Waals surface area contributed by atoms with E-state index in [0.29, 0.717) is 12.0 Å². The normalized spacial score (nSPS) is 12.4. The van der Waals surface area contributed by atoms with E-state index in [2.05, 4.69) is 110 Å². The fraction of sp³-hybridized carbons (Fsp3) is 0.250. The summed E-state index contributed by atoms with van der Waals surface area (Å²) in [5, 5.41) is 6.80. The summed E-state index contributed by atoms with van der Waals surface area (Å²) in [7, 11) is -0.565. The quantitative estimate of drug-likeness (QED) is 0.362. The minimum atomic E-state index is -0.565. The maximum Gasteiger partial charge on any atom is 0.0256 e. The lowest BCUT2D eigenvalue weighted by Crippen LogP contribution is -2.34. The Bertz CT molecular complexity index is 738. The molecule has 0 aliphatic heterocycles. The van der Waals surface area contributed by atoms with Gasteiger partial charge in [0.1, 0.15) is 0 Å². The summed E-state index contributed by atoms with van der Waals surface area (Å²) in [6.45, 7) is 4.63. The van der Waals surface area contributed by atoms with Gasteiger partial charge in [-0.2, -0.15) is 0 Å². The summed E-state index contributed by atoms with van der Waals surface area (Å²) in [6.07, 6.45) is 1.18. The third-order valence-corrected chi connectivity index (χ3v) is 7.72. The van der Waals surface area contributed by atoms with Crippen molar-refractivity contribution < 1.29 is 0 Å². The second-order valence-electron chi connectivity index (χ2n) is 7.09. The van der Waals surface area contributed by atoms with Gasteiger partial charge in [-0.15, -0.1) is 11.8 Å². The summed E-state index contributed by atoms with van der Waals surface area (Å²) in [4.78, 5) is 1.34. The van der Waals surface area contributed by atoms with E-state index in [1.165, 1.54) is 21.9 Å². The molecular weight excluding hydrogens is 365 g/mol. The molecule has 0 amide bonds. The van der Waals surface area contributed by atoms with Crippen LogP contribution in [0.4, 0.5) is 0 Å². The summed E-state index contributed by atoms with van der Waals surface area (Å²) < 4.78 is 0. The number of thioether (sulfide) groups is 1. The molecule has 0 saturated heterocycles. The zero-order chi connectivity index (χ0) is 18.9. The van der Waals surface area contributed by atoms with Gasteiger partial charge in [-0.05, 0) is 35.1 Å². The van der Waals surface area contributed by atoms with Gasteiger partial charge in [0.05, 0.1) is 0 Å². The number of rotatable bonds is 9. The average molecular weight is 394 g/mol. The van der Waals surface area contributed by atoms with E-state index in [1.54, 1.807) is 0 Å². The van der Waals surface area contributed by atoms with Crippen molar-refractivity contribution in [2.24, 2.45) is 5.92 Å². The molecule has 1 atom stereocenters. The van der Waals surface area contributed by atoms with Crippen molar-refractivity contribution in [3.05, 3.63) is 91.0 Å². The fourth-order valence-corrected chi connectivity index (χ4v) is 6.26. The SMILES string of the molecule is CC(C)C[C@@H](CSc1ccccc1)NP(c1ccccc1)c1ccccc1.